The fraction of sp³-hybridized carbons (Fsp3) is 0.360. The second-order valence-corrected chi connectivity index (χ2v) is 8.58. The third-order valence-corrected chi connectivity index (χ3v) is 6.09. The van der Waals surface area contributed by atoms with E-state index < -0.39 is 11.8 Å². The fourth-order valence-electron chi connectivity index (χ4n) is 4.20. The number of anilines is 1. The van der Waals surface area contributed by atoms with E-state index in [1.165, 1.54) is 12.1 Å². The highest BCUT2D eigenvalue weighted by atomic mass is 19.1. The first-order chi connectivity index (χ1) is 16.5. The number of nitrogens with zero attached hydrogens (tertiary/aromatic N) is 1. The first-order valence-corrected chi connectivity index (χ1v) is 11.4. The number of amides is 2. The van der Waals surface area contributed by atoms with Crippen LogP contribution in [0.1, 0.15) is 23.2 Å². The van der Waals surface area contributed by atoms with Crippen molar-refractivity contribution in [1.29, 1.82) is 0 Å². The Balaban J connectivity index is 1.20. The first-order valence-electron chi connectivity index (χ1n) is 11.4. The minimum absolute atomic E-state index is 0.162. The Kier molecular flexibility index (Phi) is 7.76. The zero-order valence-electron chi connectivity index (χ0n) is 18.8. The van der Waals surface area contributed by atoms with Gasteiger partial charge >= 0.3 is 12.0 Å². The number of esters is 1. The Bertz CT molecular complexity index is 1110. The zero-order chi connectivity index (χ0) is 23.9. The van der Waals surface area contributed by atoms with Crippen molar-refractivity contribution >= 4 is 28.6 Å². The van der Waals surface area contributed by atoms with Crippen LogP contribution in [0.3, 0.4) is 0 Å². The highest BCUT2D eigenvalue weighted by Gasteiger charge is 2.24. The summed E-state index contributed by atoms with van der Waals surface area (Å²) in [5.74, 6) is -0.640. The molecule has 4 rings (SSSR count). The maximum absolute atomic E-state index is 13.5. The number of hydrogen-bond donors (Lipinski definition) is 4. The molecule has 0 bridgehead atoms. The number of aromatic nitrogens is 1. The molecule has 1 aromatic heterocycles. The number of aromatic amines is 1. The number of benzene rings is 2. The molecule has 0 spiro atoms. The van der Waals surface area contributed by atoms with E-state index in [9.17, 15) is 19.1 Å². The minimum atomic E-state index is -0.465. The lowest BCUT2D eigenvalue weighted by Crippen LogP contribution is -2.49. The quantitative estimate of drug-likeness (QED) is 0.380. The van der Waals surface area contributed by atoms with Crippen LogP contribution in [-0.4, -0.2) is 65.9 Å². The maximum Gasteiger partial charge on any atom is 0.340 e. The summed E-state index contributed by atoms with van der Waals surface area (Å²) in [6.07, 6.45) is 3.22. The van der Waals surface area contributed by atoms with Gasteiger partial charge in [-0.15, -0.1) is 0 Å². The number of fused-ring (bicyclic) bond motifs is 1. The monoisotopic (exact) mass is 468 g/mol. The van der Waals surface area contributed by atoms with Gasteiger partial charge in [0.25, 0.3) is 0 Å². The number of nitrogens with one attached hydrogen (secondary N) is 3. The van der Waals surface area contributed by atoms with Gasteiger partial charge in [-0.2, -0.15) is 0 Å². The number of aliphatic hydroxyl groups excluding tert-OH is 1. The molecule has 3 aromatic rings. The number of likely N-dealkylation sites (tertiary alicyclic amines) is 1. The van der Waals surface area contributed by atoms with Gasteiger partial charge in [-0.05, 0) is 62.2 Å². The number of H-pyrrole nitrogens is 1. The van der Waals surface area contributed by atoms with Crippen molar-refractivity contribution in [2.75, 3.05) is 38.2 Å². The molecule has 1 atom stereocenters. The number of halogens is 1. The van der Waals surface area contributed by atoms with Gasteiger partial charge < -0.3 is 30.4 Å². The molecule has 8 nitrogen and oxygen atoms in total. The summed E-state index contributed by atoms with van der Waals surface area (Å²) < 4.78 is 19.1. The molecule has 1 saturated heterocycles. The lowest BCUT2D eigenvalue weighted by molar-refractivity contribution is 0.0366. The molecule has 0 saturated carbocycles. The number of ether oxygens (including phenoxy) is 1. The standard InChI is InChI=1S/C25H29FN4O4/c26-18-6-7-23-21(12-18)22(13-27-23)24(32)34-16-17-8-10-30(11-9-17)14-20(15-31)29-25(33)28-19-4-2-1-3-5-19/h1-7,12-13,17,20,27,31H,8-11,14-16H2,(H2,28,29,33)/t20-/m1/s1. The molecule has 2 amide bonds. The summed E-state index contributed by atoms with van der Waals surface area (Å²) in [6.45, 7) is 2.23. The molecule has 1 aliphatic rings. The van der Waals surface area contributed by atoms with Gasteiger partial charge in [-0.3, -0.25) is 0 Å². The van der Waals surface area contributed by atoms with Crippen LogP contribution in [0, 0.1) is 11.7 Å². The van der Waals surface area contributed by atoms with Gasteiger partial charge in [0.15, 0.2) is 0 Å². The summed E-state index contributed by atoms with van der Waals surface area (Å²) in [7, 11) is 0. The second kappa shape index (κ2) is 11.1. The van der Waals surface area contributed by atoms with Crippen molar-refractivity contribution < 1.29 is 23.8 Å². The lowest BCUT2D eigenvalue weighted by Gasteiger charge is -2.33. The lowest BCUT2D eigenvalue weighted by atomic mass is 9.97. The molecule has 34 heavy (non-hydrogen) atoms. The van der Waals surface area contributed by atoms with Crippen LogP contribution in [0.4, 0.5) is 14.9 Å². The molecule has 1 fully saturated rings. The van der Waals surface area contributed by atoms with E-state index in [1.807, 2.05) is 18.2 Å². The van der Waals surface area contributed by atoms with Crippen molar-refractivity contribution in [1.82, 2.24) is 15.2 Å². The van der Waals surface area contributed by atoms with Gasteiger partial charge in [0, 0.05) is 29.3 Å². The van der Waals surface area contributed by atoms with Gasteiger partial charge in [-0.1, -0.05) is 18.2 Å². The van der Waals surface area contributed by atoms with Crippen molar-refractivity contribution in [3.63, 3.8) is 0 Å². The average molecular weight is 469 g/mol. The Morgan fingerprint density at radius 3 is 2.68 bits per heavy atom. The second-order valence-electron chi connectivity index (χ2n) is 8.58. The van der Waals surface area contributed by atoms with Gasteiger partial charge in [0.1, 0.15) is 5.82 Å². The first kappa shape index (κ1) is 23.7. The molecular weight excluding hydrogens is 439 g/mol. The number of carbonyl (C=O) groups is 2. The van der Waals surface area contributed by atoms with Crippen LogP contribution in [0.15, 0.2) is 54.7 Å². The summed E-state index contributed by atoms with van der Waals surface area (Å²) in [5, 5.41) is 15.8. The van der Waals surface area contributed by atoms with E-state index in [0.717, 1.165) is 25.9 Å². The summed E-state index contributed by atoms with van der Waals surface area (Å²) >= 11 is 0. The largest absolute Gasteiger partial charge is 0.462 e. The van der Waals surface area contributed by atoms with Crippen molar-refractivity contribution in [2.45, 2.75) is 18.9 Å². The number of piperidine rings is 1. The van der Waals surface area contributed by atoms with Crippen LogP contribution in [-0.2, 0) is 4.74 Å². The molecular formula is C25H29FN4O4. The Hall–Kier alpha value is -3.43. The van der Waals surface area contributed by atoms with Crippen LogP contribution in [0.5, 0.6) is 0 Å². The van der Waals surface area contributed by atoms with Gasteiger partial charge in [0.2, 0.25) is 0 Å². The van der Waals surface area contributed by atoms with E-state index in [0.29, 0.717) is 35.3 Å². The topological polar surface area (TPSA) is 107 Å². The number of urea groups is 1. The van der Waals surface area contributed by atoms with Crippen LogP contribution >= 0.6 is 0 Å². The molecule has 1 aliphatic heterocycles. The van der Waals surface area contributed by atoms with Crippen LogP contribution < -0.4 is 10.6 Å². The van der Waals surface area contributed by atoms with E-state index in [4.69, 9.17) is 4.74 Å². The third-order valence-electron chi connectivity index (χ3n) is 6.09. The average Bonchev–Trinajstić information content (AvgIpc) is 3.26. The van der Waals surface area contributed by atoms with E-state index in [2.05, 4.69) is 20.5 Å². The molecule has 4 N–H and O–H groups in total. The third kappa shape index (κ3) is 6.12. The molecule has 0 radical (unpaired) electrons. The molecule has 0 aliphatic carbocycles. The molecule has 2 heterocycles. The van der Waals surface area contributed by atoms with Crippen molar-refractivity contribution in [3.05, 3.63) is 66.1 Å². The summed E-state index contributed by atoms with van der Waals surface area (Å²) in [4.78, 5) is 29.9. The SMILES string of the molecule is O=C(Nc1ccccc1)N[C@@H](CO)CN1CCC(COC(=O)c2c[nH]c3ccc(F)cc23)CC1. The van der Waals surface area contributed by atoms with E-state index >= 15 is 0 Å². The highest BCUT2D eigenvalue weighted by molar-refractivity contribution is 6.04. The Morgan fingerprint density at radius 2 is 1.94 bits per heavy atom. The number of carbonyl (C=O) groups excluding carboxylic acids is 2. The predicted octanol–water partition coefficient (Wildman–Crippen LogP) is 3.36. The zero-order valence-corrected chi connectivity index (χ0v) is 18.8. The summed E-state index contributed by atoms with van der Waals surface area (Å²) in [5.41, 5.74) is 1.70. The number of aliphatic hydroxyl groups is 1. The highest BCUT2D eigenvalue weighted by Crippen LogP contribution is 2.22. The summed E-state index contributed by atoms with van der Waals surface area (Å²) in [6, 6.07) is 12.6. The fourth-order valence-corrected chi connectivity index (χ4v) is 4.20. The van der Waals surface area contributed by atoms with Crippen molar-refractivity contribution in [2.24, 2.45) is 5.92 Å². The van der Waals surface area contributed by atoms with Crippen LogP contribution in [0.2, 0.25) is 0 Å². The molecule has 9 heteroatoms. The van der Waals surface area contributed by atoms with Crippen LogP contribution in [0.25, 0.3) is 10.9 Å². The van der Waals surface area contributed by atoms with E-state index in [1.54, 1.807) is 24.4 Å². The van der Waals surface area contributed by atoms with E-state index in [-0.39, 0.29) is 24.6 Å². The minimum Gasteiger partial charge on any atom is -0.462 e. The molecule has 2 aromatic carbocycles. The molecule has 0 unspecified atom stereocenters. The maximum atomic E-state index is 13.5. The normalized spacial score (nSPS) is 15.7. The number of hydrogen-bond acceptors (Lipinski definition) is 5. The smallest absolute Gasteiger partial charge is 0.340 e. The Morgan fingerprint density at radius 1 is 1.18 bits per heavy atom. The Labute approximate surface area is 197 Å². The van der Waals surface area contributed by atoms with Gasteiger partial charge in [0.05, 0.1) is 24.8 Å². The van der Waals surface area contributed by atoms with Gasteiger partial charge in [-0.25, -0.2) is 14.0 Å². The van der Waals surface area contributed by atoms with Crippen molar-refractivity contribution in [3.8, 4) is 0 Å². The number of rotatable bonds is 8. The molecule has 180 valence electrons. The number of para-hydroxylation sites is 1. The predicted molar refractivity (Wildman–Crippen MR) is 127 cm³/mol.